The second-order valence-corrected chi connectivity index (χ2v) is 21.3. The van der Waals surface area contributed by atoms with Crippen molar-refractivity contribution in [2.24, 2.45) is 11.8 Å². The van der Waals surface area contributed by atoms with Gasteiger partial charge in [-0.3, -0.25) is 9.59 Å². The first-order valence-corrected chi connectivity index (χ1v) is 22.9. The highest BCUT2D eigenvalue weighted by atomic mass is 28.3. The van der Waals surface area contributed by atoms with Crippen LogP contribution in [0.5, 0.6) is 11.5 Å². The van der Waals surface area contributed by atoms with Gasteiger partial charge in [0.2, 0.25) is 11.8 Å². The Balaban J connectivity index is 1.12. The normalized spacial score (nSPS) is 18.7. The third-order valence-electron chi connectivity index (χ3n) is 10.7. The molecule has 0 spiro atoms. The monoisotopic (exact) mass is 798 g/mol. The summed E-state index contributed by atoms with van der Waals surface area (Å²) in [4.78, 5) is 71.4. The summed E-state index contributed by atoms with van der Waals surface area (Å²) in [5, 5.41) is 5.42. The standard InChI is InChI=1S/C41H54N8O7Si/c1-24(2)34(46-40(52)54-5)38(50)48-18-10-13-32(48)36-42-20-30(44-36)26-14-16-28(17-15-26)56-29-12-9-11-27(19-29)31-21-43-37(45-31)33-22-57(7,8)23-49(33)39(51)35(25(3)4)47-41(53)55-6/h9,11-12,14-17,19-21,24-25,32-35H,10,13,18,22-23H2,1-8H3,(H,42,44)(H,43,45)(H,46,52)(H,47,53)/t32-,33-,34-,35-/m0/s1. The third kappa shape index (κ3) is 9.33. The van der Waals surface area contributed by atoms with Gasteiger partial charge in [-0.1, -0.05) is 52.9 Å². The lowest BCUT2D eigenvalue weighted by molar-refractivity contribution is -0.136. The Hall–Kier alpha value is -5.64. The maximum Gasteiger partial charge on any atom is 0.407 e. The fraction of sp³-hybridized carbons (Fsp3) is 0.463. The molecule has 2 fully saturated rings. The molecule has 4 aromatic rings. The van der Waals surface area contributed by atoms with E-state index in [2.05, 4.69) is 38.7 Å². The van der Waals surface area contributed by atoms with Crippen molar-refractivity contribution in [2.45, 2.75) is 83.8 Å². The van der Waals surface area contributed by atoms with Crippen molar-refractivity contribution in [3.8, 4) is 34.0 Å². The van der Waals surface area contributed by atoms with Crippen LogP contribution in [0.1, 0.15) is 64.3 Å². The number of H-pyrrole nitrogens is 2. The summed E-state index contributed by atoms with van der Waals surface area (Å²) in [6.07, 6.45) is 4.56. The minimum Gasteiger partial charge on any atom is -0.457 e. The lowest BCUT2D eigenvalue weighted by Gasteiger charge is -2.30. The lowest BCUT2D eigenvalue weighted by atomic mass is 10.0. The van der Waals surface area contributed by atoms with Crippen LogP contribution >= 0.6 is 0 Å². The van der Waals surface area contributed by atoms with Crippen molar-refractivity contribution in [1.29, 1.82) is 0 Å². The molecule has 2 aliphatic heterocycles. The summed E-state index contributed by atoms with van der Waals surface area (Å²) >= 11 is 0. The van der Waals surface area contributed by atoms with Gasteiger partial charge in [0.15, 0.2) is 0 Å². The van der Waals surface area contributed by atoms with Crippen molar-refractivity contribution < 1.29 is 33.4 Å². The average Bonchev–Trinajstić information content (AvgIpc) is 4.02. The summed E-state index contributed by atoms with van der Waals surface area (Å²) in [5.41, 5.74) is 3.41. The van der Waals surface area contributed by atoms with Crippen LogP contribution in [0.3, 0.4) is 0 Å². The van der Waals surface area contributed by atoms with Crippen molar-refractivity contribution >= 4 is 32.1 Å². The molecule has 4 heterocycles. The molecule has 4 N–H and O–H groups in total. The minimum absolute atomic E-state index is 0.116. The van der Waals surface area contributed by atoms with Gasteiger partial charge in [0.05, 0.1) is 58.2 Å². The van der Waals surface area contributed by atoms with E-state index in [4.69, 9.17) is 19.2 Å². The molecule has 4 amide bonds. The number of likely N-dealkylation sites (tertiary alicyclic amines) is 1. The number of imidazole rings is 2. The van der Waals surface area contributed by atoms with Gasteiger partial charge in [-0.05, 0) is 72.7 Å². The Bertz CT molecular complexity index is 2060. The number of methoxy groups -OCH3 is 2. The number of aromatic amines is 2. The molecule has 6 rings (SSSR count). The Kier molecular flexibility index (Phi) is 12.4. The quantitative estimate of drug-likeness (QED) is 0.112. The van der Waals surface area contributed by atoms with E-state index in [0.717, 1.165) is 41.4 Å². The second kappa shape index (κ2) is 17.2. The van der Waals surface area contributed by atoms with E-state index in [0.29, 0.717) is 35.9 Å². The van der Waals surface area contributed by atoms with Crippen LogP contribution in [0, 0.1) is 11.8 Å². The van der Waals surface area contributed by atoms with E-state index >= 15 is 0 Å². The number of alkyl carbamates (subject to hydrolysis) is 2. The van der Waals surface area contributed by atoms with Gasteiger partial charge in [0.25, 0.3) is 0 Å². The number of carbonyl (C=O) groups is 4. The highest BCUT2D eigenvalue weighted by Crippen LogP contribution is 2.39. The maximum atomic E-state index is 13.9. The molecule has 0 bridgehead atoms. The highest BCUT2D eigenvalue weighted by Gasteiger charge is 2.46. The molecular weight excluding hydrogens is 745 g/mol. The highest BCUT2D eigenvalue weighted by molar-refractivity contribution is 6.78. The molecule has 2 aromatic carbocycles. The summed E-state index contributed by atoms with van der Waals surface area (Å²) in [5.74, 6) is 2.18. The van der Waals surface area contributed by atoms with Gasteiger partial charge in [-0.2, -0.15) is 0 Å². The predicted octanol–water partition coefficient (Wildman–Crippen LogP) is 6.81. The number of rotatable bonds is 12. The third-order valence-corrected chi connectivity index (χ3v) is 13.4. The lowest BCUT2D eigenvalue weighted by Crippen LogP contribution is -2.52. The summed E-state index contributed by atoms with van der Waals surface area (Å²) in [6, 6.07) is 14.4. The topological polar surface area (TPSA) is 184 Å². The Morgan fingerprint density at radius 3 is 1.89 bits per heavy atom. The number of amides is 4. The summed E-state index contributed by atoms with van der Waals surface area (Å²) < 4.78 is 15.8. The van der Waals surface area contributed by atoms with E-state index in [-0.39, 0.29) is 35.7 Å². The molecular formula is C41H54N8O7Si. The van der Waals surface area contributed by atoms with E-state index in [1.165, 1.54) is 14.2 Å². The number of carbonyl (C=O) groups excluding carboxylic acids is 4. The zero-order chi connectivity index (χ0) is 41.0. The molecule has 304 valence electrons. The van der Waals surface area contributed by atoms with Crippen molar-refractivity contribution in [1.82, 2.24) is 40.4 Å². The SMILES string of the molecule is COC(=O)N[C@H](C(=O)N1CCC[C@H]1c1ncc(-c2ccc(Oc3cccc(-c4cnc([C@@H]5C[Si](C)(C)CN5C(=O)[C@@H](NC(=O)OC)C(C)C)[nH]4)c3)cc2)[nH]1)C(C)C. The van der Waals surface area contributed by atoms with Gasteiger partial charge in [-0.15, -0.1) is 0 Å². The van der Waals surface area contributed by atoms with E-state index in [9.17, 15) is 19.2 Å². The summed E-state index contributed by atoms with van der Waals surface area (Å²) in [6.45, 7) is 12.7. The molecule has 4 atom stereocenters. The average molecular weight is 799 g/mol. The zero-order valence-corrected chi connectivity index (χ0v) is 34.9. The van der Waals surface area contributed by atoms with Crippen LogP contribution in [0.25, 0.3) is 22.5 Å². The molecule has 2 aliphatic rings. The van der Waals surface area contributed by atoms with Crippen LogP contribution in [-0.2, 0) is 19.1 Å². The number of nitrogens with zero attached hydrogens (tertiary/aromatic N) is 4. The first kappa shape index (κ1) is 41.0. The van der Waals surface area contributed by atoms with Crippen LogP contribution in [0.4, 0.5) is 9.59 Å². The van der Waals surface area contributed by atoms with Crippen molar-refractivity contribution in [2.75, 3.05) is 26.9 Å². The van der Waals surface area contributed by atoms with E-state index in [1.807, 2.05) is 81.1 Å². The molecule has 0 radical (unpaired) electrons. The van der Waals surface area contributed by atoms with Crippen LogP contribution in [0.2, 0.25) is 19.1 Å². The first-order valence-electron chi connectivity index (χ1n) is 19.5. The maximum absolute atomic E-state index is 13.9. The van der Waals surface area contributed by atoms with Gasteiger partial charge in [0.1, 0.15) is 35.2 Å². The smallest absolute Gasteiger partial charge is 0.407 e. The number of hydrogen-bond donors (Lipinski definition) is 4. The van der Waals surface area contributed by atoms with E-state index in [1.54, 1.807) is 17.3 Å². The van der Waals surface area contributed by atoms with Gasteiger partial charge >= 0.3 is 12.2 Å². The first-order chi connectivity index (χ1) is 27.2. The molecule has 2 saturated heterocycles. The molecule has 0 aliphatic carbocycles. The molecule has 15 nitrogen and oxygen atoms in total. The Morgan fingerprint density at radius 1 is 0.754 bits per heavy atom. The number of hydrogen-bond acceptors (Lipinski definition) is 9. The molecule has 2 aromatic heterocycles. The Morgan fingerprint density at radius 2 is 1.32 bits per heavy atom. The number of benzene rings is 2. The fourth-order valence-electron chi connectivity index (χ4n) is 7.69. The molecule has 0 unspecified atom stereocenters. The zero-order valence-electron chi connectivity index (χ0n) is 33.9. The fourth-order valence-corrected chi connectivity index (χ4v) is 10.6. The molecule has 0 saturated carbocycles. The second-order valence-electron chi connectivity index (χ2n) is 16.3. The van der Waals surface area contributed by atoms with Crippen LogP contribution in [0.15, 0.2) is 60.9 Å². The predicted molar refractivity (Wildman–Crippen MR) is 217 cm³/mol. The summed E-state index contributed by atoms with van der Waals surface area (Å²) in [7, 11) is 0.808. The van der Waals surface area contributed by atoms with Crippen molar-refractivity contribution in [3.05, 3.63) is 72.6 Å². The van der Waals surface area contributed by atoms with Gasteiger partial charge < -0.3 is 44.6 Å². The molecule has 16 heteroatoms. The van der Waals surface area contributed by atoms with Crippen LogP contribution < -0.4 is 15.4 Å². The number of nitrogens with one attached hydrogen (secondary N) is 4. The van der Waals surface area contributed by atoms with E-state index < -0.39 is 32.3 Å². The number of aromatic nitrogens is 4. The van der Waals surface area contributed by atoms with Gasteiger partial charge in [-0.25, -0.2) is 19.6 Å². The largest absolute Gasteiger partial charge is 0.457 e. The van der Waals surface area contributed by atoms with Crippen LogP contribution in [-0.4, -0.2) is 101 Å². The number of ether oxygens (including phenoxy) is 3. The Labute approximate surface area is 334 Å². The molecule has 57 heavy (non-hydrogen) atoms. The van der Waals surface area contributed by atoms with Crippen molar-refractivity contribution in [3.63, 3.8) is 0 Å². The van der Waals surface area contributed by atoms with Gasteiger partial charge in [0, 0.05) is 18.3 Å². The minimum atomic E-state index is -1.77.